The van der Waals surface area contributed by atoms with Gasteiger partial charge in [-0.15, -0.1) is 0 Å². The Morgan fingerprint density at radius 1 is 1.50 bits per heavy atom. The summed E-state index contributed by atoms with van der Waals surface area (Å²) in [5, 5.41) is 10.1. The number of carboxylic acids is 1. The molecule has 74 valence electrons. The summed E-state index contributed by atoms with van der Waals surface area (Å²) in [4.78, 5) is 15.7. The van der Waals surface area contributed by atoms with Crippen molar-refractivity contribution in [2.45, 2.75) is 12.6 Å². The van der Waals surface area contributed by atoms with Gasteiger partial charge in [-0.25, -0.2) is 0 Å². The lowest BCUT2D eigenvalue weighted by molar-refractivity contribution is -0.145. The lowest BCUT2D eigenvalue weighted by Gasteiger charge is -2.03. The highest BCUT2D eigenvalue weighted by Crippen LogP contribution is 2.18. The molecule has 0 bridgehead atoms. The van der Waals surface area contributed by atoms with Crippen LogP contribution in [-0.4, -0.2) is 28.7 Å². The Balaban J connectivity index is 1.77. The SMILES string of the molecule is O=C(O)C1CN1OCc1ccccc1. The molecule has 2 unspecified atom stereocenters. The van der Waals surface area contributed by atoms with E-state index in [4.69, 9.17) is 9.94 Å². The Morgan fingerprint density at radius 3 is 2.79 bits per heavy atom. The molecule has 1 fully saturated rings. The van der Waals surface area contributed by atoms with Crippen molar-refractivity contribution < 1.29 is 14.7 Å². The molecule has 0 spiro atoms. The number of hydrogen-bond acceptors (Lipinski definition) is 3. The van der Waals surface area contributed by atoms with Crippen LogP contribution in [0.5, 0.6) is 0 Å². The first-order valence-electron chi connectivity index (χ1n) is 4.43. The van der Waals surface area contributed by atoms with Gasteiger partial charge in [0.2, 0.25) is 0 Å². The van der Waals surface area contributed by atoms with Crippen LogP contribution in [0.3, 0.4) is 0 Å². The van der Waals surface area contributed by atoms with E-state index in [9.17, 15) is 4.79 Å². The van der Waals surface area contributed by atoms with Gasteiger partial charge in [0.15, 0.2) is 0 Å². The van der Waals surface area contributed by atoms with Gasteiger partial charge >= 0.3 is 5.97 Å². The summed E-state index contributed by atoms with van der Waals surface area (Å²) in [6.07, 6.45) is 0. The zero-order chi connectivity index (χ0) is 9.97. The van der Waals surface area contributed by atoms with Crippen LogP contribution in [0.4, 0.5) is 0 Å². The van der Waals surface area contributed by atoms with Crippen LogP contribution in [-0.2, 0) is 16.2 Å². The van der Waals surface area contributed by atoms with Crippen LogP contribution >= 0.6 is 0 Å². The van der Waals surface area contributed by atoms with E-state index in [2.05, 4.69) is 0 Å². The molecule has 1 N–H and O–H groups in total. The predicted molar refractivity (Wildman–Crippen MR) is 49.4 cm³/mol. The maximum atomic E-state index is 10.5. The van der Waals surface area contributed by atoms with Crippen molar-refractivity contribution in [3.63, 3.8) is 0 Å². The predicted octanol–water partition coefficient (Wildman–Crippen LogP) is 0.887. The molecule has 0 aliphatic carbocycles. The molecule has 4 heteroatoms. The summed E-state index contributed by atoms with van der Waals surface area (Å²) in [6.45, 7) is 0.923. The van der Waals surface area contributed by atoms with E-state index in [0.717, 1.165) is 5.56 Å². The standard InChI is InChI=1S/C10H11NO3/c12-10(13)9-6-11(9)14-7-8-4-2-1-3-5-8/h1-5,9H,6-7H2,(H,12,13). The van der Waals surface area contributed by atoms with Gasteiger partial charge in [-0.2, -0.15) is 5.06 Å². The molecule has 0 radical (unpaired) electrons. The molecule has 2 atom stereocenters. The number of hydroxylamine groups is 2. The highest BCUT2D eigenvalue weighted by Gasteiger charge is 2.42. The summed E-state index contributed by atoms with van der Waals surface area (Å²) >= 11 is 0. The molecule has 1 aromatic rings. The summed E-state index contributed by atoms with van der Waals surface area (Å²) < 4.78 is 0. The second-order valence-electron chi connectivity index (χ2n) is 3.21. The normalized spacial score (nSPS) is 24.6. The zero-order valence-electron chi connectivity index (χ0n) is 7.59. The minimum atomic E-state index is -0.821. The van der Waals surface area contributed by atoms with Crippen LogP contribution in [0.2, 0.25) is 0 Å². The van der Waals surface area contributed by atoms with E-state index >= 15 is 0 Å². The van der Waals surface area contributed by atoms with E-state index in [0.29, 0.717) is 13.2 Å². The van der Waals surface area contributed by atoms with Crippen LogP contribution in [0.25, 0.3) is 0 Å². The smallest absolute Gasteiger partial charge is 0.324 e. The van der Waals surface area contributed by atoms with Crippen molar-refractivity contribution in [3.05, 3.63) is 35.9 Å². The minimum absolute atomic E-state index is 0.435. The van der Waals surface area contributed by atoms with E-state index in [1.54, 1.807) is 0 Å². The molecule has 2 rings (SSSR count). The van der Waals surface area contributed by atoms with Crippen LogP contribution in [0.1, 0.15) is 5.56 Å². The first-order chi connectivity index (χ1) is 6.77. The Bertz CT molecular complexity index is 325. The van der Waals surface area contributed by atoms with E-state index in [1.807, 2.05) is 30.3 Å². The topological polar surface area (TPSA) is 49.5 Å². The van der Waals surface area contributed by atoms with Gasteiger partial charge in [-0.05, 0) is 5.56 Å². The molecule has 0 saturated carbocycles. The Hall–Kier alpha value is -1.39. The fourth-order valence-corrected chi connectivity index (χ4v) is 1.20. The van der Waals surface area contributed by atoms with Gasteiger partial charge in [-0.1, -0.05) is 30.3 Å². The van der Waals surface area contributed by atoms with E-state index in [1.165, 1.54) is 5.06 Å². The van der Waals surface area contributed by atoms with Crippen molar-refractivity contribution in [1.82, 2.24) is 5.06 Å². The van der Waals surface area contributed by atoms with Crippen LogP contribution in [0, 0.1) is 0 Å². The van der Waals surface area contributed by atoms with Gasteiger partial charge in [0.1, 0.15) is 6.04 Å². The third kappa shape index (κ3) is 2.10. The van der Waals surface area contributed by atoms with Gasteiger partial charge < -0.3 is 5.11 Å². The fourth-order valence-electron chi connectivity index (χ4n) is 1.20. The van der Waals surface area contributed by atoms with Crippen LogP contribution in [0.15, 0.2) is 30.3 Å². The second kappa shape index (κ2) is 3.77. The summed E-state index contributed by atoms with van der Waals surface area (Å²) in [7, 11) is 0. The number of rotatable bonds is 4. The average Bonchev–Trinajstić information content (AvgIpc) is 2.96. The molecule has 0 aromatic heterocycles. The summed E-state index contributed by atoms with van der Waals surface area (Å²) in [5.41, 5.74) is 1.04. The van der Waals surface area contributed by atoms with E-state index in [-0.39, 0.29) is 0 Å². The fraction of sp³-hybridized carbons (Fsp3) is 0.300. The average molecular weight is 193 g/mol. The van der Waals surface area contributed by atoms with Crippen LogP contribution < -0.4 is 0 Å². The molecule has 1 aliphatic rings. The monoisotopic (exact) mass is 193 g/mol. The molecule has 1 saturated heterocycles. The molecular formula is C10H11NO3. The number of aliphatic carboxylic acids is 1. The van der Waals surface area contributed by atoms with Gasteiger partial charge in [0, 0.05) is 0 Å². The van der Waals surface area contributed by atoms with Crippen molar-refractivity contribution in [1.29, 1.82) is 0 Å². The van der Waals surface area contributed by atoms with Crippen molar-refractivity contribution in [2.24, 2.45) is 0 Å². The number of hydrogen-bond donors (Lipinski definition) is 1. The Labute approximate surface area is 81.7 Å². The zero-order valence-corrected chi connectivity index (χ0v) is 7.59. The Kier molecular flexibility index (Phi) is 2.47. The number of carbonyl (C=O) groups is 1. The largest absolute Gasteiger partial charge is 0.480 e. The molecule has 1 aromatic carbocycles. The minimum Gasteiger partial charge on any atom is -0.480 e. The van der Waals surface area contributed by atoms with Crippen molar-refractivity contribution in [3.8, 4) is 0 Å². The molecule has 4 nitrogen and oxygen atoms in total. The first-order valence-corrected chi connectivity index (χ1v) is 4.43. The molecule has 1 heterocycles. The van der Waals surface area contributed by atoms with Gasteiger partial charge in [-0.3, -0.25) is 9.63 Å². The molecule has 0 amide bonds. The second-order valence-corrected chi connectivity index (χ2v) is 3.21. The molecule has 1 aliphatic heterocycles. The van der Waals surface area contributed by atoms with Crippen molar-refractivity contribution >= 4 is 5.97 Å². The quantitative estimate of drug-likeness (QED) is 0.721. The summed E-state index contributed by atoms with van der Waals surface area (Å²) in [5.74, 6) is -0.821. The van der Waals surface area contributed by atoms with E-state index < -0.39 is 12.0 Å². The Morgan fingerprint density at radius 2 is 2.21 bits per heavy atom. The van der Waals surface area contributed by atoms with Gasteiger partial charge in [0.25, 0.3) is 0 Å². The third-order valence-electron chi connectivity index (χ3n) is 2.09. The molecule has 14 heavy (non-hydrogen) atoms. The lowest BCUT2D eigenvalue weighted by Crippen LogP contribution is -2.12. The highest BCUT2D eigenvalue weighted by molar-refractivity contribution is 5.76. The number of nitrogens with zero attached hydrogens (tertiary/aromatic N) is 1. The van der Waals surface area contributed by atoms with Gasteiger partial charge in [0.05, 0.1) is 13.2 Å². The summed E-state index contributed by atoms with van der Waals surface area (Å²) in [6, 6.07) is 9.23. The maximum Gasteiger partial charge on any atom is 0.324 e. The van der Waals surface area contributed by atoms with Crippen molar-refractivity contribution in [2.75, 3.05) is 6.54 Å². The first kappa shape index (κ1) is 9.18. The third-order valence-corrected chi connectivity index (χ3v) is 2.09. The lowest BCUT2D eigenvalue weighted by atomic mass is 10.2. The number of carboxylic acid groups (broad SMARTS) is 1. The maximum absolute atomic E-state index is 10.5. The highest BCUT2D eigenvalue weighted by atomic mass is 16.7. The molecular weight excluding hydrogens is 182 g/mol. The number of benzene rings is 1.